The summed E-state index contributed by atoms with van der Waals surface area (Å²) in [4.78, 5) is 36.3. The molecule has 1 aliphatic rings. The summed E-state index contributed by atoms with van der Waals surface area (Å²) in [5, 5.41) is 5.28. The molecule has 0 saturated heterocycles. The summed E-state index contributed by atoms with van der Waals surface area (Å²) >= 11 is 0. The monoisotopic (exact) mass is 372 g/mol. The lowest BCUT2D eigenvalue weighted by atomic mass is 9.94. The Kier molecular flexibility index (Phi) is 5.39. The molecule has 0 unspecified atom stereocenters. The van der Waals surface area contributed by atoms with Crippen molar-refractivity contribution in [3.05, 3.63) is 57.8 Å². The predicted octanol–water partition coefficient (Wildman–Crippen LogP) is 2.71. The van der Waals surface area contributed by atoms with Crippen LogP contribution in [0.3, 0.4) is 0 Å². The Morgan fingerprint density at radius 2 is 1.81 bits per heavy atom. The Bertz CT molecular complexity index is 917. The summed E-state index contributed by atoms with van der Waals surface area (Å²) in [6.45, 7) is 3.68. The van der Waals surface area contributed by atoms with Crippen LogP contribution < -0.4 is 10.6 Å². The van der Waals surface area contributed by atoms with Crippen molar-refractivity contribution in [3.8, 4) is 0 Å². The second kappa shape index (κ2) is 7.73. The van der Waals surface area contributed by atoms with Crippen LogP contribution in [0.2, 0.25) is 0 Å². The number of furan rings is 1. The molecule has 0 radical (unpaired) electrons. The second-order valence-electron chi connectivity index (χ2n) is 6.61. The molecule has 2 aromatic rings. The normalized spacial score (nSPS) is 13.2. The number of hydrogen-bond acceptors (Lipinski definition) is 4. The van der Waals surface area contributed by atoms with Gasteiger partial charge in [0.25, 0.3) is 11.8 Å². The highest BCUT2D eigenvalue weighted by Crippen LogP contribution is 2.29. The van der Waals surface area contributed by atoms with Gasteiger partial charge in [-0.3, -0.25) is 14.4 Å². The van der Waals surface area contributed by atoms with E-state index in [0.29, 0.717) is 35.3 Å². The summed E-state index contributed by atoms with van der Waals surface area (Å²) in [7, 11) is 0. The molecule has 1 heterocycles. The van der Waals surface area contributed by atoms with Crippen LogP contribution >= 0.6 is 0 Å². The van der Waals surface area contributed by atoms with Crippen LogP contribution in [0.1, 0.15) is 61.0 Å². The maximum absolute atomic E-state index is 13.5. The van der Waals surface area contributed by atoms with Gasteiger partial charge in [0.1, 0.15) is 11.6 Å². The van der Waals surface area contributed by atoms with E-state index in [1.54, 1.807) is 19.9 Å². The molecule has 7 heteroatoms. The third-order valence-electron chi connectivity index (χ3n) is 4.64. The molecule has 2 N–H and O–H groups in total. The molecule has 0 spiro atoms. The number of amides is 2. The Labute approximate surface area is 156 Å². The number of carbonyl (C=O) groups is 3. The van der Waals surface area contributed by atoms with Crippen molar-refractivity contribution in [1.29, 1.82) is 0 Å². The van der Waals surface area contributed by atoms with Crippen LogP contribution in [0.15, 0.2) is 22.6 Å². The van der Waals surface area contributed by atoms with Crippen molar-refractivity contribution in [3.63, 3.8) is 0 Å². The number of ketones is 1. The molecule has 0 aliphatic heterocycles. The Hall–Kier alpha value is -2.96. The first-order valence-electron chi connectivity index (χ1n) is 8.86. The standard InChI is InChI=1S/C20H21FN2O4/c1-11-6-7-13(10-14(11)21)19(25)22-8-9-23-20(26)18-12(2)17-15(24)4-3-5-16(17)27-18/h6-7,10H,3-5,8-9H2,1-2H3,(H,22,25)(H,23,26). The highest BCUT2D eigenvalue weighted by Gasteiger charge is 2.28. The van der Waals surface area contributed by atoms with Gasteiger partial charge in [-0.15, -0.1) is 0 Å². The quantitative estimate of drug-likeness (QED) is 0.790. The third kappa shape index (κ3) is 3.92. The molecular weight excluding hydrogens is 351 g/mol. The van der Waals surface area contributed by atoms with E-state index in [9.17, 15) is 18.8 Å². The first kappa shape index (κ1) is 18.8. The molecule has 0 bridgehead atoms. The molecule has 0 fully saturated rings. The van der Waals surface area contributed by atoms with E-state index in [1.807, 2.05) is 0 Å². The van der Waals surface area contributed by atoms with E-state index in [1.165, 1.54) is 12.1 Å². The van der Waals surface area contributed by atoms with Crippen LogP contribution in [0.25, 0.3) is 0 Å². The molecular formula is C20H21FN2O4. The van der Waals surface area contributed by atoms with Crippen LogP contribution in [-0.4, -0.2) is 30.7 Å². The van der Waals surface area contributed by atoms with Gasteiger partial charge in [0.05, 0.1) is 5.56 Å². The van der Waals surface area contributed by atoms with Crippen LogP contribution in [-0.2, 0) is 6.42 Å². The topological polar surface area (TPSA) is 88.4 Å². The van der Waals surface area contributed by atoms with Crippen molar-refractivity contribution >= 4 is 17.6 Å². The van der Waals surface area contributed by atoms with E-state index in [0.717, 1.165) is 6.42 Å². The number of halogens is 1. The van der Waals surface area contributed by atoms with Gasteiger partial charge in [0.2, 0.25) is 0 Å². The van der Waals surface area contributed by atoms with Crippen molar-refractivity contribution in [2.75, 3.05) is 13.1 Å². The van der Waals surface area contributed by atoms with Gasteiger partial charge in [0, 0.05) is 37.1 Å². The van der Waals surface area contributed by atoms with Gasteiger partial charge in [-0.25, -0.2) is 4.39 Å². The van der Waals surface area contributed by atoms with Gasteiger partial charge in [-0.05, 0) is 38.0 Å². The van der Waals surface area contributed by atoms with Crippen molar-refractivity contribution in [1.82, 2.24) is 10.6 Å². The smallest absolute Gasteiger partial charge is 0.287 e. The number of rotatable bonds is 5. The fourth-order valence-corrected chi connectivity index (χ4v) is 3.13. The maximum Gasteiger partial charge on any atom is 0.287 e. The first-order valence-corrected chi connectivity index (χ1v) is 8.86. The largest absolute Gasteiger partial charge is 0.455 e. The molecule has 6 nitrogen and oxygen atoms in total. The summed E-state index contributed by atoms with van der Waals surface area (Å²) in [6, 6.07) is 4.26. The fraction of sp³-hybridized carbons (Fsp3) is 0.350. The van der Waals surface area contributed by atoms with Gasteiger partial charge < -0.3 is 15.1 Å². The number of benzene rings is 1. The Balaban J connectivity index is 1.53. The fourth-order valence-electron chi connectivity index (χ4n) is 3.13. The van der Waals surface area contributed by atoms with E-state index in [-0.39, 0.29) is 30.2 Å². The zero-order valence-electron chi connectivity index (χ0n) is 15.3. The SMILES string of the molecule is Cc1ccc(C(=O)NCCNC(=O)c2oc3c(c2C)C(=O)CCC3)cc1F. The lowest BCUT2D eigenvalue weighted by molar-refractivity contribution is 0.0907. The van der Waals surface area contributed by atoms with E-state index < -0.39 is 17.6 Å². The van der Waals surface area contributed by atoms with Crippen molar-refractivity contribution in [2.45, 2.75) is 33.1 Å². The zero-order chi connectivity index (χ0) is 19.6. The Morgan fingerprint density at radius 3 is 2.48 bits per heavy atom. The van der Waals surface area contributed by atoms with Crippen molar-refractivity contribution in [2.24, 2.45) is 0 Å². The maximum atomic E-state index is 13.5. The van der Waals surface area contributed by atoms with Crippen LogP contribution in [0, 0.1) is 19.7 Å². The molecule has 27 heavy (non-hydrogen) atoms. The van der Waals surface area contributed by atoms with E-state index >= 15 is 0 Å². The van der Waals surface area contributed by atoms with E-state index in [2.05, 4.69) is 10.6 Å². The molecule has 2 amide bonds. The highest BCUT2D eigenvalue weighted by molar-refractivity contribution is 6.03. The number of fused-ring (bicyclic) bond motifs is 1. The predicted molar refractivity (Wildman–Crippen MR) is 96.5 cm³/mol. The summed E-state index contributed by atoms with van der Waals surface area (Å²) in [6.07, 6.45) is 1.85. The summed E-state index contributed by atoms with van der Waals surface area (Å²) in [5.41, 5.74) is 1.78. The van der Waals surface area contributed by atoms with Crippen LogP contribution in [0.5, 0.6) is 0 Å². The summed E-state index contributed by atoms with van der Waals surface area (Å²) < 4.78 is 19.1. The molecule has 142 valence electrons. The zero-order valence-corrected chi connectivity index (χ0v) is 15.3. The van der Waals surface area contributed by atoms with Gasteiger partial charge in [0.15, 0.2) is 11.5 Å². The van der Waals surface area contributed by atoms with Crippen molar-refractivity contribution < 1.29 is 23.2 Å². The molecule has 3 rings (SSSR count). The lowest BCUT2D eigenvalue weighted by Gasteiger charge is -2.07. The summed E-state index contributed by atoms with van der Waals surface area (Å²) in [5.74, 6) is -0.564. The molecule has 1 aliphatic carbocycles. The third-order valence-corrected chi connectivity index (χ3v) is 4.64. The first-order chi connectivity index (χ1) is 12.9. The molecule has 0 atom stereocenters. The number of Topliss-reactive ketones (excluding diaryl/α,β-unsaturated/α-hetero) is 1. The Morgan fingerprint density at radius 1 is 1.11 bits per heavy atom. The highest BCUT2D eigenvalue weighted by atomic mass is 19.1. The number of nitrogens with one attached hydrogen (secondary N) is 2. The molecule has 1 aromatic heterocycles. The minimum Gasteiger partial charge on any atom is -0.455 e. The number of aryl methyl sites for hydroxylation is 2. The average Bonchev–Trinajstić information content (AvgIpc) is 2.98. The van der Waals surface area contributed by atoms with Crippen LogP contribution in [0.4, 0.5) is 4.39 Å². The van der Waals surface area contributed by atoms with Gasteiger partial charge in [-0.2, -0.15) is 0 Å². The minimum atomic E-state index is -0.442. The number of carbonyl (C=O) groups excluding carboxylic acids is 3. The molecule has 0 saturated carbocycles. The number of hydrogen-bond donors (Lipinski definition) is 2. The van der Waals surface area contributed by atoms with Gasteiger partial charge >= 0.3 is 0 Å². The molecule has 1 aromatic carbocycles. The second-order valence-corrected chi connectivity index (χ2v) is 6.61. The van der Waals surface area contributed by atoms with Gasteiger partial charge in [-0.1, -0.05) is 6.07 Å². The minimum absolute atomic E-state index is 0.00847. The average molecular weight is 372 g/mol. The van der Waals surface area contributed by atoms with E-state index in [4.69, 9.17) is 4.42 Å². The lowest BCUT2D eigenvalue weighted by Crippen LogP contribution is -2.34.